The molecule has 1 aliphatic heterocycles. The molecule has 5 aromatic rings. The topological polar surface area (TPSA) is 122 Å². The molecule has 11 heteroatoms. The molecule has 0 aliphatic carbocycles. The van der Waals surface area contributed by atoms with E-state index in [1.54, 1.807) is 22.9 Å². The number of nitrogens with zero attached hydrogens (tertiary/aromatic N) is 7. The molecule has 1 unspecified atom stereocenters. The average Bonchev–Trinajstić information content (AvgIpc) is 3.57. The second kappa shape index (κ2) is 10.5. The highest BCUT2D eigenvalue weighted by molar-refractivity contribution is 6.02. The third kappa shape index (κ3) is 5.39. The van der Waals surface area contributed by atoms with Gasteiger partial charge in [0.15, 0.2) is 0 Å². The molecule has 1 fully saturated rings. The first-order chi connectivity index (χ1) is 19.0. The van der Waals surface area contributed by atoms with Gasteiger partial charge in [-0.05, 0) is 75.3 Å². The average molecular weight is 522 g/mol. The van der Waals surface area contributed by atoms with E-state index in [1.165, 1.54) is 12.7 Å². The van der Waals surface area contributed by atoms with E-state index >= 15 is 0 Å². The highest BCUT2D eigenvalue weighted by atomic mass is 16.5. The molecule has 3 aromatic heterocycles. The number of benzene rings is 2. The fourth-order valence-electron chi connectivity index (χ4n) is 4.64. The molecule has 2 aromatic carbocycles. The van der Waals surface area contributed by atoms with Gasteiger partial charge in [0, 0.05) is 41.1 Å². The third-order valence-electron chi connectivity index (χ3n) is 6.72. The minimum absolute atomic E-state index is 0.162. The first-order valence-electron chi connectivity index (χ1n) is 12.7. The Morgan fingerprint density at radius 3 is 2.82 bits per heavy atom. The van der Waals surface area contributed by atoms with Crippen LogP contribution in [0.15, 0.2) is 73.5 Å². The predicted molar refractivity (Wildman–Crippen MR) is 148 cm³/mol. The maximum Gasteiger partial charge on any atom is 0.255 e. The lowest BCUT2D eigenvalue weighted by molar-refractivity contribution is -0.111. The molecule has 1 aliphatic rings. The van der Waals surface area contributed by atoms with Gasteiger partial charge in [0.1, 0.15) is 24.2 Å². The van der Waals surface area contributed by atoms with Crippen LogP contribution in [-0.2, 0) is 4.79 Å². The van der Waals surface area contributed by atoms with Crippen LogP contribution in [-0.4, -0.2) is 60.0 Å². The van der Waals surface area contributed by atoms with Crippen LogP contribution in [0.5, 0.6) is 11.6 Å². The van der Waals surface area contributed by atoms with Gasteiger partial charge >= 0.3 is 0 Å². The van der Waals surface area contributed by atoms with E-state index in [0.29, 0.717) is 35.0 Å². The monoisotopic (exact) mass is 521 g/mol. The van der Waals surface area contributed by atoms with Crippen molar-refractivity contribution in [3.8, 4) is 11.6 Å². The molecule has 196 valence electrons. The highest BCUT2D eigenvalue weighted by Crippen LogP contribution is 2.30. The standard InChI is InChI=1S/C28H27N9O2/c1-18-14-19(6-9-24(18)39-26-11-13-37-28(35-26)31-17-32-37)34-27-22-15-20(5-8-23(22)29-16-30-27)33-25(38)10-7-21-4-3-12-36(21)2/h5-11,13-17,21H,3-4,12H2,1-2H3,(H,33,38)(H,29,30,34). The number of carbonyl (C=O) groups excluding carboxylic acids is 1. The summed E-state index contributed by atoms with van der Waals surface area (Å²) >= 11 is 0. The lowest BCUT2D eigenvalue weighted by Crippen LogP contribution is -2.23. The van der Waals surface area contributed by atoms with Crippen LogP contribution in [0.4, 0.5) is 17.2 Å². The zero-order valence-electron chi connectivity index (χ0n) is 21.6. The molecule has 2 N–H and O–H groups in total. The van der Waals surface area contributed by atoms with Crippen molar-refractivity contribution in [1.29, 1.82) is 0 Å². The number of amides is 1. The van der Waals surface area contributed by atoms with Crippen LogP contribution in [0.3, 0.4) is 0 Å². The molecule has 1 amide bonds. The number of carbonyl (C=O) groups is 1. The highest BCUT2D eigenvalue weighted by Gasteiger charge is 2.18. The number of hydrogen-bond donors (Lipinski definition) is 2. The molecule has 39 heavy (non-hydrogen) atoms. The first-order valence-corrected chi connectivity index (χ1v) is 12.7. The van der Waals surface area contributed by atoms with Gasteiger partial charge in [-0.3, -0.25) is 9.69 Å². The number of rotatable bonds is 7. The van der Waals surface area contributed by atoms with E-state index in [1.807, 2.05) is 49.4 Å². The lowest BCUT2D eigenvalue weighted by atomic mass is 10.1. The summed E-state index contributed by atoms with van der Waals surface area (Å²) in [6, 6.07) is 13.4. The Labute approximate surface area is 224 Å². The van der Waals surface area contributed by atoms with Crippen LogP contribution < -0.4 is 15.4 Å². The maximum absolute atomic E-state index is 12.6. The molecule has 1 saturated heterocycles. The van der Waals surface area contributed by atoms with E-state index in [0.717, 1.165) is 41.5 Å². The van der Waals surface area contributed by atoms with Gasteiger partial charge < -0.3 is 15.4 Å². The number of likely N-dealkylation sites (tertiary alicyclic amines) is 1. The number of likely N-dealkylation sites (N-methyl/N-ethyl adjacent to an activating group) is 1. The third-order valence-corrected chi connectivity index (χ3v) is 6.72. The molecule has 0 radical (unpaired) electrons. The number of fused-ring (bicyclic) bond motifs is 2. The second-order valence-electron chi connectivity index (χ2n) is 9.47. The van der Waals surface area contributed by atoms with Crippen molar-refractivity contribution >= 4 is 39.8 Å². The van der Waals surface area contributed by atoms with Gasteiger partial charge in [0.25, 0.3) is 5.78 Å². The Balaban J connectivity index is 1.18. The molecular formula is C28H27N9O2. The van der Waals surface area contributed by atoms with Crippen molar-refractivity contribution in [2.45, 2.75) is 25.8 Å². The fraction of sp³-hybridized carbons (Fsp3) is 0.214. The summed E-state index contributed by atoms with van der Waals surface area (Å²) < 4.78 is 7.55. The van der Waals surface area contributed by atoms with Crippen molar-refractivity contribution in [1.82, 2.24) is 34.4 Å². The van der Waals surface area contributed by atoms with Gasteiger partial charge in [0.2, 0.25) is 11.8 Å². The molecule has 0 spiro atoms. The van der Waals surface area contributed by atoms with Gasteiger partial charge in [-0.2, -0.15) is 15.1 Å². The molecular weight excluding hydrogens is 494 g/mol. The quantitative estimate of drug-likeness (QED) is 0.298. The van der Waals surface area contributed by atoms with Gasteiger partial charge in [0.05, 0.1) is 5.52 Å². The van der Waals surface area contributed by atoms with E-state index < -0.39 is 0 Å². The van der Waals surface area contributed by atoms with Crippen molar-refractivity contribution in [2.24, 2.45) is 0 Å². The van der Waals surface area contributed by atoms with Gasteiger partial charge in [-0.15, -0.1) is 0 Å². The molecule has 4 heterocycles. The summed E-state index contributed by atoms with van der Waals surface area (Å²) in [7, 11) is 2.08. The molecule has 11 nitrogen and oxygen atoms in total. The van der Waals surface area contributed by atoms with Crippen molar-refractivity contribution in [3.05, 3.63) is 79.0 Å². The summed E-state index contributed by atoms with van der Waals surface area (Å²) in [5.74, 6) is 2.04. The minimum atomic E-state index is -0.162. The number of hydrogen-bond acceptors (Lipinski definition) is 9. The zero-order chi connectivity index (χ0) is 26.8. The Morgan fingerprint density at radius 1 is 1.08 bits per heavy atom. The molecule has 6 rings (SSSR count). The Bertz CT molecular complexity index is 1700. The van der Waals surface area contributed by atoms with E-state index in [4.69, 9.17) is 4.74 Å². The van der Waals surface area contributed by atoms with E-state index in [9.17, 15) is 4.79 Å². The first kappa shape index (κ1) is 24.4. The largest absolute Gasteiger partial charge is 0.439 e. The van der Waals surface area contributed by atoms with E-state index in [2.05, 4.69) is 47.6 Å². The van der Waals surface area contributed by atoms with Crippen LogP contribution >= 0.6 is 0 Å². The summed E-state index contributed by atoms with van der Waals surface area (Å²) in [5, 5.41) is 11.2. The summed E-state index contributed by atoms with van der Waals surface area (Å²) in [4.78, 5) is 32.1. The number of aryl methyl sites for hydroxylation is 1. The summed E-state index contributed by atoms with van der Waals surface area (Å²) in [6.45, 7) is 3.02. The zero-order valence-corrected chi connectivity index (χ0v) is 21.6. The summed E-state index contributed by atoms with van der Waals surface area (Å²) in [5.41, 5.74) is 3.18. The minimum Gasteiger partial charge on any atom is -0.439 e. The number of ether oxygens (including phenoxy) is 1. The van der Waals surface area contributed by atoms with Crippen molar-refractivity contribution < 1.29 is 9.53 Å². The van der Waals surface area contributed by atoms with Crippen LogP contribution in [0.2, 0.25) is 0 Å². The molecule has 0 saturated carbocycles. The van der Waals surface area contributed by atoms with Crippen molar-refractivity contribution in [2.75, 3.05) is 24.2 Å². The van der Waals surface area contributed by atoms with Crippen molar-refractivity contribution in [3.63, 3.8) is 0 Å². The van der Waals surface area contributed by atoms with Gasteiger partial charge in [-0.1, -0.05) is 6.08 Å². The second-order valence-corrected chi connectivity index (χ2v) is 9.47. The normalized spacial score (nSPS) is 15.8. The smallest absolute Gasteiger partial charge is 0.255 e. The van der Waals surface area contributed by atoms with Crippen LogP contribution in [0.1, 0.15) is 18.4 Å². The van der Waals surface area contributed by atoms with Crippen LogP contribution in [0.25, 0.3) is 16.7 Å². The fourth-order valence-corrected chi connectivity index (χ4v) is 4.64. The SMILES string of the molecule is Cc1cc(Nc2ncnc3ccc(NC(=O)C=CC4CCCN4C)cc23)ccc1Oc1ccn2ncnc2n1. The number of aromatic nitrogens is 6. The summed E-state index contributed by atoms with van der Waals surface area (Å²) in [6.07, 6.45) is 10.5. The maximum atomic E-state index is 12.6. The lowest BCUT2D eigenvalue weighted by Gasteiger charge is -2.14. The Kier molecular flexibility index (Phi) is 6.55. The Hall–Kier alpha value is -4.90. The van der Waals surface area contributed by atoms with Gasteiger partial charge in [-0.25, -0.2) is 14.5 Å². The number of anilines is 3. The predicted octanol–water partition coefficient (Wildman–Crippen LogP) is 4.50. The number of nitrogens with one attached hydrogen (secondary N) is 2. The van der Waals surface area contributed by atoms with Crippen LogP contribution in [0, 0.1) is 6.92 Å². The Morgan fingerprint density at radius 2 is 1.97 bits per heavy atom. The molecule has 0 bridgehead atoms. The van der Waals surface area contributed by atoms with E-state index in [-0.39, 0.29) is 5.91 Å². The molecule has 1 atom stereocenters.